The predicted octanol–water partition coefficient (Wildman–Crippen LogP) is 6.92. The number of nitrogens with one attached hydrogen (secondary N) is 1. The van der Waals surface area contributed by atoms with Crippen molar-refractivity contribution in [1.82, 2.24) is 19.7 Å². The van der Waals surface area contributed by atoms with Gasteiger partial charge in [-0.1, -0.05) is 96.7 Å². The molecule has 40 heavy (non-hydrogen) atoms. The molecule has 4 aromatic carbocycles. The van der Waals surface area contributed by atoms with Crippen molar-refractivity contribution in [2.24, 2.45) is 0 Å². The van der Waals surface area contributed by atoms with Crippen LogP contribution in [0.15, 0.2) is 114 Å². The molecule has 2 aromatic heterocycles. The molecule has 0 unspecified atom stereocenters. The smallest absolute Gasteiger partial charge is 0.231 e. The standard InChI is InChI=1S/C32H24N4O3S/c37-29(25-18-33-26-14-8-7-13-24(25)26)30(22-9-3-1-4-10-22)40-32-35-34-31(23-11-5-2-6-12-23)36(32)19-21-15-16-27-28(17-21)39-20-38-27/h1-18,30,33H,19-20H2/t30-/m1/s1. The Morgan fingerprint density at radius 1 is 0.875 bits per heavy atom. The third-order valence-corrected chi connectivity index (χ3v) is 8.18. The largest absolute Gasteiger partial charge is 0.454 e. The molecule has 0 fully saturated rings. The summed E-state index contributed by atoms with van der Waals surface area (Å²) in [5.41, 5.74) is 4.45. The fourth-order valence-corrected chi connectivity index (χ4v) is 6.07. The Morgan fingerprint density at radius 3 is 2.48 bits per heavy atom. The molecule has 8 heteroatoms. The number of aromatic amines is 1. The summed E-state index contributed by atoms with van der Waals surface area (Å²) < 4.78 is 13.2. The van der Waals surface area contributed by atoms with Crippen LogP contribution in [-0.2, 0) is 6.54 Å². The lowest BCUT2D eigenvalue weighted by atomic mass is 10.0. The van der Waals surface area contributed by atoms with Gasteiger partial charge in [-0.25, -0.2) is 0 Å². The first-order chi connectivity index (χ1) is 19.7. The van der Waals surface area contributed by atoms with Crippen LogP contribution in [0.1, 0.15) is 26.7 Å². The molecule has 1 atom stereocenters. The fraction of sp³-hybridized carbons (Fsp3) is 0.0938. The highest BCUT2D eigenvalue weighted by Gasteiger charge is 2.29. The molecule has 0 saturated carbocycles. The maximum absolute atomic E-state index is 14.2. The first-order valence-electron chi connectivity index (χ1n) is 12.9. The van der Waals surface area contributed by atoms with E-state index in [1.807, 2.05) is 103 Å². The van der Waals surface area contributed by atoms with Gasteiger partial charge in [0.1, 0.15) is 5.25 Å². The second-order valence-corrected chi connectivity index (χ2v) is 10.5. The minimum Gasteiger partial charge on any atom is -0.454 e. The summed E-state index contributed by atoms with van der Waals surface area (Å²) in [6, 6.07) is 33.6. The van der Waals surface area contributed by atoms with Crippen molar-refractivity contribution in [3.8, 4) is 22.9 Å². The molecule has 0 aliphatic carbocycles. The second kappa shape index (κ2) is 10.4. The van der Waals surface area contributed by atoms with Gasteiger partial charge in [0.05, 0.1) is 6.54 Å². The second-order valence-electron chi connectivity index (χ2n) is 9.47. The maximum atomic E-state index is 14.2. The number of thioether (sulfide) groups is 1. The monoisotopic (exact) mass is 544 g/mol. The normalized spacial score (nSPS) is 13.0. The van der Waals surface area contributed by atoms with Crippen LogP contribution in [0.2, 0.25) is 0 Å². The average Bonchev–Trinajstić information content (AvgIpc) is 3.75. The third kappa shape index (κ3) is 4.52. The number of Topliss-reactive ketones (excluding diaryl/α,β-unsaturated/α-hetero) is 1. The van der Waals surface area contributed by atoms with Crippen molar-refractivity contribution in [2.45, 2.75) is 17.0 Å². The first-order valence-corrected chi connectivity index (χ1v) is 13.8. The van der Waals surface area contributed by atoms with Gasteiger partial charge in [0.2, 0.25) is 6.79 Å². The van der Waals surface area contributed by atoms with E-state index in [0.717, 1.165) is 44.9 Å². The van der Waals surface area contributed by atoms with Crippen LogP contribution < -0.4 is 9.47 Å². The Labute approximate surface area is 234 Å². The van der Waals surface area contributed by atoms with Crippen molar-refractivity contribution in [2.75, 3.05) is 6.79 Å². The van der Waals surface area contributed by atoms with E-state index in [-0.39, 0.29) is 12.6 Å². The maximum Gasteiger partial charge on any atom is 0.231 e. The minimum absolute atomic E-state index is 0.00698. The van der Waals surface area contributed by atoms with Gasteiger partial charge in [0, 0.05) is 28.2 Å². The van der Waals surface area contributed by atoms with Crippen molar-refractivity contribution in [1.29, 1.82) is 0 Å². The number of carbonyl (C=O) groups excluding carboxylic acids is 1. The van der Waals surface area contributed by atoms with E-state index >= 15 is 0 Å². The molecule has 1 aliphatic heterocycles. The van der Waals surface area contributed by atoms with E-state index in [9.17, 15) is 4.79 Å². The molecular formula is C32H24N4O3S. The summed E-state index contributed by atoms with van der Waals surface area (Å²) in [5, 5.41) is 10.2. The lowest BCUT2D eigenvalue weighted by Crippen LogP contribution is -2.12. The van der Waals surface area contributed by atoms with Crippen LogP contribution in [0, 0.1) is 0 Å². The number of aromatic nitrogens is 4. The summed E-state index contributed by atoms with van der Waals surface area (Å²) in [5.74, 6) is 2.19. The first kappa shape index (κ1) is 24.2. The van der Waals surface area contributed by atoms with Crippen LogP contribution in [0.4, 0.5) is 0 Å². The van der Waals surface area contributed by atoms with E-state index < -0.39 is 5.25 Å². The lowest BCUT2D eigenvalue weighted by molar-refractivity contribution is 0.0991. The molecule has 0 spiro atoms. The Bertz CT molecular complexity index is 1810. The zero-order valence-electron chi connectivity index (χ0n) is 21.4. The lowest BCUT2D eigenvalue weighted by Gasteiger charge is -2.17. The van der Waals surface area contributed by atoms with E-state index in [4.69, 9.17) is 9.47 Å². The summed E-state index contributed by atoms with van der Waals surface area (Å²) in [7, 11) is 0. The number of fused-ring (bicyclic) bond motifs is 2. The molecule has 3 heterocycles. The molecule has 0 radical (unpaired) electrons. The fourth-order valence-electron chi connectivity index (χ4n) is 4.96. The Morgan fingerprint density at radius 2 is 1.62 bits per heavy atom. The van der Waals surface area contributed by atoms with Gasteiger partial charge in [0.25, 0.3) is 0 Å². The van der Waals surface area contributed by atoms with Crippen LogP contribution in [0.5, 0.6) is 11.5 Å². The third-order valence-electron chi connectivity index (χ3n) is 6.94. The topological polar surface area (TPSA) is 82.0 Å². The highest BCUT2D eigenvalue weighted by atomic mass is 32.2. The molecule has 7 rings (SSSR count). The molecule has 0 bridgehead atoms. The Kier molecular flexibility index (Phi) is 6.30. The summed E-state index contributed by atoms with van der Waals surface area (Å²) >= 11 is 1.41. The SMILES string of the molecule is O=C(c1c[nH]c2ccccc12)[C@H](Sc1nnc(-c2ccccc2)n1Cc1ccc2c(c1)OCO2)c1ccccc1. The van der Waals surface area contributed by atoms with E-state index in [1.54, 1.807) is 6.20 Å². The molecule has 196 valence electrons. The number of hydrogen-bond donors (Lipinski definition) is 1. The quantitative estimate of drug-likeness (QED) is 0.165. The van der Waals surface area contributed by atoms with Crippen molar-refractivity contribution < 1.29 is 14.3 Å². The van der Waals surface area contributed by atoms with E-state index in [0.29, 0.717) is 17.3 Å². The van der Waals surface area contributed by atoms with Gasteiger partial charge in [-0.2, -0.15) is 0 Å². The molecule has 0 amide bonds. The predicted molar refractivity (Wildman–Crippen MR) is 155 cm³/mol. The molecule has 0 saturated heterocycles. The van der Waals surface area contributed by atoms with Crippen LogP contribution in [-0.4, -0.2) is 32.3 Å². The minimum atomic E-state index is -0.524. The van der Waals surface area contributed by atoms with Gasteiger partial charge < -0.3 is 14.5 Å². The summed E-state index contributed by atoms with van der Waals surface area (Å²) in [4.78, 5) is 17.4. The molecule has 7 nitrogen and oxygen atoms in total. The van der Waals surface area contributed by atoms with Crippen LogP contribution >= 0.6 is 11.8 Å². The zero-order valence-corrected chi connectivity index (χ0v) is 22.2. The van der Waals surface area contributed by atoms with Gasteiger partial charge in [0.15, 0.2) is 28.3 Å². The van der Waals surface area contributed by atoms with E-state index in [2.05, 4.69) is 19.7 Å². The van der Waals surface area contributed by atoms with Gasteiger partial charge in [-0.15, -0.1) is 10.2 Å². The number of benzene rings is 4. The summed E-state index contributed by atoms with van der Waals surface area (Å²) in [6.07, 6.45) is 1.80. The van der Waals surface area contributed by atoms with Crippen molar-refractivity contribution in [3.63, 3.8) is 0 Å². The van der Waals surface area contributed by atoms with Gasteiger partial charge >= 0.3 is 0 Å². The van der Waals surface area contributed by atoms with Crippen molar-refractivity contribution >= 4 is 28.4 Å². The highest BCUT2D eigenvalue weighted by Crippen LogP contribution is 2.40. The molecule has 1 aliphatic rings. The Balaban J connectivity index is 1.31. The zero-order chi connectivity index (χ0) is 26.9. The highest BCUT2D eigenvalue weighted by molar-refractivity contribution is 8.00. The van der Waals surface area contributed by atoms with E-state index in [1.165, 1.54) is 11.8 Å². The summed E-state index contributed by atoms with van der Waals surface area (Å²) in [6.45, 7) is 0.718. The van der Waals surface area contributed by atoms with Crippen molar-refractivity contribution in [3.05, 3.63) is 126 Å². The number of H-pyrrole nitrogens is 1. The van der Waals surface area contributed by atoms with Gasteiger partial charge in [-0.3, -0.25) is 9.36 Å². The number of carbonyl (C=O) groups is 1. The Hall–Kier alpha value is -4.82. The average molecular weight is 545 g/mol. The number of hydrogen-bond acceptors (Lipinski definition) is 6. The number of para-hydroxylation sites is 1. The molecule has 6 aromatic rings. The molecule has 1 N–H and O–H groups in total. The van der Waals surface area contributed by atoms with Crippen LogP contribution in [0.25, 0.3) is 22.3 Å². The molecular weight excluding hydrogens is 520 g/mol. The number of nitrogens with zero attached hydrogens (tertiary/aromatic N) is 3. The number of ether oxygens (including phenoxy) is 2. The van der Waals surface area contributed by atoms with Gasteiger partial charge in [-0.05, 0) is 29.3 Å². The van der Waals surface area contributed by atoms with Crippen LogP contribution in [0.3, 0.4) is 0 Å². The number of rotatable bonds is 8. The number of ketones is 1.